The molecule has 1 saturated carbocycles. The zero-order valence-corrected chi connectivity index (χ0v) is 12.2. The van der Waals surface area contributed by atoms with Crippen LogP contribution in [0.5, 0.6) is 0 Å². The third-order valence-electron chi connectivity index (χ3n) is 3.45. The van der Waals surface area contributed by atoms with Crippen molar-refractivity contribution >= 4 is 0 Å². The Bertz CT molecular complexity index is 160. The summed E-state index contributed by atoms with van der Waals surface area (Å²) in [6.07, 6.45) is 8.37. The van der Waals surface area contributed by atoms with Crippen LogP contribution in [0.2, 0.25) is 0 Å². The fourth-order valence-corrected chi connectivity index (χ4v) is 1.96. The smallest absolute Gasteiger partial charge is 0.0323 e. The van der Waals surface area contributed by atoms with Crippen LogP contribution >= 0.6 is 0 Å². The minimum Gasteiger partial charge on any atom is -0.100 e. The maximum absolute atomic E-state index is 3.83. The lowest BCUT2D eigenvalue weighted by molar-refractivity contribution is 0.308. The van der Waals surface area contributed by atoms with E-state index in [1.54, 1.807) is 0 Å². The maximum Gasteiger partial charge on any atom is -0.0323 e. The Morgan fingerprint density at radius 2 is 1.44 bits per heavy atom. The lowest BCUT2D eigenvalue weighted by Gasteiger charge is -2.22. The van der Waals surface area contributed by atoms with Gasteiger partial charge in [0.05, 0.1) is 0 Å². The molecule has 0 radical (unpaired) electrons. The van der Waals surface area contributed by atoms with E-state index >= 15 is 0 Å². The third-order valence-corrected chi connectivity index (χ3v) is 3.45. The second-order valence-electron chi connectivity index (χ2n) is 6.25. The first-order valence-electron chi connectivity index (χ1n) is 7.06. The van der Waals surface area contributed by atoms with Gasteiger partial charge in [-0.25, -0.2) is 0 Å². The van der Waals surface area contributed by atoms with Gasteiger partial charge in [0.25, 0.3) is 0 Å². The van der Waals surface area contributed by atoms with E-state index in [4.69, 9.17) is 0 Å². The topological polar surface area (TPSA) is 0 Å². The van der Waals surface area contributed by atoms with Gasteiger partial charge in [-0.2, -0.15) is 0 Å². The van der Waals surface area contributed by atoms with Crippen molar-refractivity contribution in [1.82, 2.24) is 0 Å². The number of hydrogen-bond donors (Lipinski definition) is 0. The molecule has 96 valence electrons. The van der Waals surface area contributed by atoms with E-state index in [0.717, 1.165) is 17.8 Å². The molecular weight excluding hydrogens is 192 g/mol. The van der Waals surface area contributed by atoms with Crippen LogP contribution in [0.4, 0.5) is 0 Å². The van der Waals surface area contributed by atoms with Gasteiger partial charge in [-0.15, -0.1) is 6.58 Å². The van der Waals surface area contributed by atoms with Gasteiger partial charge in [0, 0.05) is 0 Å². The molecule has 0 aromatic carbocycles. The van der Waals surface area contributed by atoms with E-state index in [1.807, 2.05) is 0 Å². The molecule has 0 nitrogen and oxygen atoms in total. The molecule has 16 heavy (non-hydrogen) atoms. The molecule has 0 aromatic rings. The van der Waals surface area contributed by atoms with E-state index in [-0.39, 0.29) is 0 Å². The van der Waals surface area contributed by atoms with Crippen LogP contribution in [0.25, 0.3) is 0 Å². The molecule has 1 aliphatic rings. The zero-order valence-electron chi connectivity index (χ0n) is 12.2. The lowest BCUT2D eigenvalue weighted by Crippen LogP contribution is -2.08. The normalized spacial score (nSPS) is 24.9. The van der Waals surface area contributed by atoms with E-state index in [2.05, 4.69) is 41.2 Å². The van der Waals surface area contributed by atoms with E-state index in [1.165, 1.54) is 44.1 Å². The third kappa shape index (κ3) is 10.3. The molecular formula is C16H32. The van der Waals surface area contributed by atoms with E-state index in [9.17, 15) is 0 Å². The summed E-state index contributed by atoms with van der Waals surface area (Å²) in [7, 11) is 0. The highest BCUT2D eigenvalue weighted by Crippen LogP contribution is 2.27. The Labute approximate surface area is 104 Å². The Kier molecular flexibility index (Phi) is 8.70. The van der Waals surface area contributed by atoms with Gasteiger partial charge < -0.3 is 0 Å². The molecule has 0 bridgehead atoms. The first kappa shape index (κ1) is 15.7. The molecule has 0 amide bonds. The van der Waals surface area contributed by atoms with Crippen LogP contribution in [0.3, 0.4) is 0 Å². The maximum atomic E-state index is 3.83. The van der Waals surface area contributed by atoms with Crippen molar-refractivity contribution in [1.29, 1.82) is 0 Å². The molecule has 0 heterocycles. The van der Waals surface area contributed by atoms with Gasteiger partial charge in [0.15, 0.2) is 0 Å². The van der Waals surface area contributed by atoms with Crippen molar-refractivity contribution in [2.75, 3.05) is 0 Å². The molecule has 0 spiro atoms. The highest BCUT2D eigenvalue weighted by atomic mass is 14.2. The van der Waals surface area contributed by atoms with E-state index in [0.29, 0.717) is 0 Å². The summed E-state index contributed by atoms with van der Waals surface area (Å²) in [5, 5.41) is 0. The quantitative estimate of drug-likeness (QED) is 0.529. The number of hydrogen-bond acceptors (Lipinski definition) is 0. The molecule has 1 fully saturated rings. The van der Waals surface area contributed by atoms with Crippen LogP contribution in [0.15, 0.2) is 12.2 Å². The summed E-state index contributed by atoms with van der Waals surface area (Å²) in [4.78, 5) is 0. The predicted molar refractivity (Wildman–Crippen MR) is 75.7 cm³/mol. The van der Waals surface area contributed by atoms with Gasteiger partial charge in [-0.1, -0.05) is 59.0 Å². The highest BCUT2D eigenvalue weighted by Gasteiger charge is 2.13. The lowest BCUT2D eigenvalue weighted by atomic mass is 9.84. The monoisotopic (exact) mass is 224 g/mol. The second kappa shape index (κ2) is 8.84. The van der Waals surface area contributed by atoms with Crippen LogP contribution < -0.4 is 0 Å². The summed E-state index contributed by atoms with van der Waals surface area (Å²) in [5.74, 6) is 2.86. The number of rotatable bonds is 3. The average molecular weight is 224 g/mol. The van der Waals surface area contributed by atoms with Gasteiger partial charge in [-0.3, -0.25) is 0 Å². The fourth-order valence-electron chi connectivity index (χ4n) is 1.96. The van der Waals surface area contributed by atoms with E-state index < -0.39 is 0 Å². The molecule has 0 unspecified atom stereocenters. The van der Waals surface area contributed by atoms with Crippen molar-refractivity contribution in [3.63, 3.8) is 0 Å². The molecule has 0 aliphatic heterocycles. The fraction of sp³-hybridized carbons (Fsp3) is 0.875. The summed E-state index contributed by atoms with van der Waals surface area (Å²) in [5.41, 5.74) is 1.30. The minimum atomic E-state index is 0.826. The summed E-state index contributed by atoms with van der Waals surface area (Å²) in [6.45, 7) is 15.1. The molecule has 1 aliphatic carbocycles. The molecule has 0 heteroatoms. The Morgan fingerprint density at radius 1 is 1.06 bits per heavy atom. The summed E-state index contributed by atoms with van der Waals surface area (Å²) in [6, 6.07) is 0. The Balaban J connectivity index is 0.000000281. The van der Waals surface area contributed by atoms with Crippen LogP contribution in [-0.2, 0) is 0 Å². The molecule has 0 atom stereocenters. The van der Waals surface area contributed by atoms with Crippen molar-refractivity contribution in [3.05, 3.63) is 12.2 Å². The van der Waals surface area contributed by atoms with Crippen molar-refractivity contribution in [3.8, 4) is 0 Å². The van der Waals surface area contributed by atoms with Gasteiger partial charge >= 0.3 is 0 Å². The second-order valence-corrected chi connectivity index (χ2v) is 6.25. The summed E-state index contributed by atoms with van der Waals surface area (Å²) >= 11 is 0. The molecule has 0 saturated heterocycles. The Hall–Kier alpha value is -0.260. The first-order chi connectivity index (χ1) is 7.41. The summed E-state index contributed by atoms with van der Waals surface area (Å²) < 4.78 is 0. The first-order valence-corrected chi connectivity index (χ1v) is 7.06. The van der Waals surface area contributed by atoms with Crippen LogP contribution in [0, 0.1) is 17.8 Å². The molecule has 0 aromatic heterocycles. The highest BCUT2D eigenvalue weighted by molar-refractivity contribution is 4.87. The van der Waals surface area contributed by atoms with Crippen molar-refractivity contribution < 1.29 is 0 Å². The standard InChI is InChI=1S/2C8H16/c1-7-3-5-8(2)6-4-7;1-7(2)5-6-8(3)4/h7-8H,3-6H2,1-2H3;8H,1,5-6H2,2-4H3. The number of allylic oxidation sites excluding steroid dienone is 1. The molecule has 1 rings (SSSR count). The van der Waals surface area contributed by atoms with Crippen LogP contribution in [0.1, 0.15) is 73.1 Å². The van der Waals surface area contributed by atoms with Gasteiger partial charge in [0.2, 0.25) is 0 Å². The Morgan fingerprint density at radius 3 is 1.62 bits per heavy atom. The van der Waals surface area contributed by atoms with Crippen molar-refractivity contribution in [2.45, 2.75) is 73.1 Å². The van der Waals surface area contributed by atoms with Gasteiger partial charge in [0.1, 0.15) is 0 Å². The molecule has 0 N–H and O–H groups in total. The predicted octanol–water partition coefficient (Wildman–Crippen LogP) is 5.83. The average Bonchev–Trinajstić information content (AvgIpc) is 2.20. The minimum absolute atomic E-state index is 0.826. The SMILES string of the molecule is C=C(C)CCC(C)C.CC1CCC(C)CC1. The largest absolute Gasteiger partial charge is 0.100 e. The van der Waals surface area contributed by atoms with Crippen molar-refractivity contribution in [2.24, 2.45) is 17.8 Å². The van der Waals surface area contributed by atoms with Gasteiger partial charge in [-0.05, 0) is 37.5 Å². The zero-order chi connectivity index (χ0) is 12.6. The van der Waals surface area contributed by atoms with Crippen LogP contribution in [-0.4, -0.2) is 0 Å².